The van der Waals surface area contributed by atoms with Crippen LogP contribution in [0.3, 0.4) is 0 Å². The third-order valence-corrected chi connectivity index (χ3v) is 5.31. The molecule has 0 bridgehead atoms. The fraction of sp³-hybridized carbons (Fsp3) is 0.0833. The van der Waals surface area contributed by atoms with Crippen LogP contribution in [0.1, 0.15) is 22.6 Å². The molecule has 5 aromatic rings. The summed E-state index contributed by atoms with van der Waals surface area (Å²) in [4.78, 5) is 6.87. The van der Waals surface area contributed by atoms with Crippen LogP contribution in [-0.2, 0) is 0 Å². The van der Waals surface area contributed by atoms with Gasteiger partial charge in [0.2, 0.25) is 0 Å². The lowest BCUT2D eigenvalue weighted by molar-refractivity contribution is 0.409. The molecule has 3 heteroatoms. The lowest BCUT2D eigenvalue weighted by Gasteiger charge is -2.20. The second-order valence-corrected chi connectivity index (χ2v) is 6.75. The highest BCUT2D eigenvalue weighted by atomic mass is 16.5. The Hall–Kier alpha value is -3.46. The standard InChI is InChI=1S/C24H20N2O/c1-27-23-13-7-4-10-18(23)24(19-14-25-21-11-5-2-8-16(19)21)20-15-26-22-12-6-3-9-17(20)22/h2-15,24-26H,1H3. The Morgan fingerprint density at radius 3 is 1.74 bits per heavy atom. The maximum absolute atomic E-state index is 5.73. The van der Waals surface area contributed by atoms with Gasteiger partial charge in [0.15, 0.2) is 0 Å². The summed E-state index contributed by atoms with van der Waals surface area (Å²) in [6, 6.07) is 25.2. The molecule has 0 spiro atoms. The van der Waals surface area contributed by atoms with Crippen molar-refractivity contribution in [1.29, 1.82) is 0 Å². The van der Waals surface area contributed by atoms with E-state index < -0.39 is 0 Å². The van der Waals surface area contributed by atoms with Gasteiger partial charge in [-0.1, -0.05) is 54.6 Å². The summed E-state index contributed by atoms with van der Waals surface area (Å²) in [5, 5.41) is 2.47. The number of methoxy groups -OCH3 is 1. The molecule has 0 fully saturated rings. The van der Waals surface area contributed by atoms with Gasteiger partial charge in [-0.25, -0.2) is 0 Å². The van der Waals surface area contributed by atoms with Crippen LogP contribution in [0.4, 0.5) is 0 Å². The molecule has 0 aliphatic carbocycles. The molecule has 132 valence electrons. The van der Waals surface area contributed by atoms with Crippen molar-refractivity contribution in [3.8, 4) is 5.75 Å². The Morgan fingerprint density at radius 2 is 1.15 bits per heavy atom. The van der Waals surface area contributed by atoms with Gasteiger partial charge < -0.3 is 14.7 Å². The van der Waals surface area contributed by atoms with E-state index in [9.17, 15) is 0 Å². The monoisotopic (exact) mass is 352 g/mol. The predicted molar refractivity (Wildman–Crippen MR) is 111 cm³/mol. The minimum absolute atomic E-state index is 0.0634. The number of aromatic amines is 2. The second kappa shape index (κ2) is 6.36. The maximum Gasteiger partial charge on any atom is 0.123 e. The minimum atomic E-state index is 0.0634. The zero-order valence-electron chi connectivity index (χ0n) is 15.1. The first-order chi connectivity index (χ1) is 13.4. The molecule has 2 aromatic heterocycles. The number of H-pyrrole nitrogens is 2. The molecule has 0 saturated heterocycles. The van der Waals surface area contributed by atoms with E-state index in [2.05, 4.69) is 83.0 Å². The lowest BCUT2D eigenvalue weighted by atomic mass is 9.84. The van der Waals surface area contributed by atoms with E-state index in [0.717, 1.165) is 22.3 Å². The van der Waals surface area contributed by atoms with E-state index in [0.29, 0.717) is 0 Å². The van der Waals surface area contributed by atoms with Crippen molar-refractivity contribution in [3.05, 3.63) is 102 Å². The highest BCUT2D eigenvalue weighted by Gasteiger charge is 2.25. The summed E-state index contributed by atoms with van der Waals surface area (Å²) in [6.45, 7) is 0. The molecule has 0 aliphatic rings. The van der Waals surface area contributed by atoms with E-state index in [1.54, 1.807) is 7.11 Å². The molecule has 0 radical (unpaired) electrons. The van der Waals surface area contributed by atoms with Crippen LogP contribution < -0.4 is 4.74 Å². The van der Waals surface area contributed by atoms with E-state index in [1.165, 1.54) is 21.9 Å². The van der Waals surface area contributed by atoms with Gasteiger partial charge in [-0.3, -0.25) is 0 Å². The molecule has 5 rings (SSSR count). The number of hydrogen-bond acceptors (Lipinski definition) is 1. The van der Waals surface area contributed by atoms with E-state index in [1.807, 2.05) is 12.1 Å². The van der Waals surface area contributed by atoms with E-state index >= 15 is 0 Å². The summed E-state index contributed by atoms with van der Waals surface area (Å²) < 4.78 is 5.73. The molecule has 0 aliphatic heterocycles. The third kappa shape index (κ3) is 2.51. The number of nitrogens with one attached hydrogen (secondary N) is 2. The quantitative estimate of drug-likeness (QED) is 0.419. The van der Waals surface area contributed by atoms with Crippen molar-refractivity contribution in [2.45, 2.75) is 5.92 Å². The molecular formula is C24H20N2O. The first-order valence-corrected chi connectivity index (χ1v) is 9.12. The van der Waals surface area contributed by atoms with Crippen LogP contribution >= 0.6 is 0 Å². The normalized spacial score (nSPS) is 11.5. The van der Waals surface area contributed by atoms with Gasteiger partial charge in [0.1, 0.15) is 5.75 Å². The molecular weight excluding hydrogens is 332 g/mol. The maximum atomic E-state index is 5.73. The number of rotatable bonds is 4. The Bertz CT molecular complexity index is 1160. The number of aromatic nitrogens is 2. The molecule has 27 heavy (non-hydrogen) atoms. The highest BCUT2D eigenvalue weighted by molar-refractivity contribution is 5.89. The van der Waals surface area contributed by atoms with Crippen molar-refractivity contribution in [2.24, 2.45) is 0 Å². The zero-order valence-corrected chi connectivity index (χ0v) is 15.1. The highest BCUT2D eigenvalue weighted by Crippen LogP contribution is 2.42. The van der Waals surface area contributed by atoms with E-state index in [-0.39, 0.29) is 5.92 Å². The van der Waals surface area contributed by atoms with Crippen LogP contribution in [-0.4, -0.2) is 17.1 Å². The molecule has 0 atom stereocenters. The summed E-state index contributed by atoms with van der Waals surface area (Å²) in [5.41, 5.74) is 5.95. The summed E-state index contributed by atoms with van der Waals surface area (Å²) in [6.07, 6.45) is 4.26. The first kappa shape index (κ1) is 15.8. The summed E-state index contributed by atoms with van der Waals surface area (Å²) in [7, 11) is 1.74. The zero-order chi connectivity index (χ0) is 18.2. The van der Waals surface area contributed by atoms with Gasteiger partial charge >= 0.3 is 0 Å². The SMILES string of the molecule is COc1ccccc1C(c1c[nH]c2ccccc12)c1c[nH]c2ccccc12. The van der Waals surface area contributed by atoms with Crippen molar-refractivity contribution in [3.63, 3.8) is 0 Å². The molecule has 3 aromatic carbocycles. The van der Waals surface area contributed by atoms with Crippen molar-refractivity contribution in [2.75, 3.05) is 7.11 Å². The molecule has 2 N–H and O–H groups in total. The predicted octanol–water partition coefficient (Wildman–Crippen LogP) is 5.84. The first-order valence-electron chi connectivity index (χ1n) is 9.12. The number of fused-ring (bicyclic) bond motifs is 2. The number of ether oxygens (including phenoxy) is 1. The Balaban J connectivity index is 1.83. The van der Waals surface area contributed by atoms with Crippen LogP contribution in [0.25, 0.3) is 21.8 Å². The van der Waals surface area contributed by atoms with Gasteiger partial charge in [0.25, 0.3) is 0 Å². The topological polar surface area (TPSA) is 40.8 Å². The van der Waals surface area contributed by atoms with Crippen LogP contribution in [0.2, 0.25) is 0 Å². The van der Waals surface area contributed by atoms with Crippen molar-refractivity contribution < 1.29 is 4.74 Å². The van der Waals surface area contributed by atoms with Gasteiger partial charge in [-0.2, -0.15) is 0 Å². The van der Waals surface area contributed by atoms with Crippen LogP contribution in [0.5, 0.6) is 5.75 Å². The third-order valence-electron chi connectivity index (χ3n) is 5.31. The van der Waals surface area contributed by atoms with Gasteiger partial charge in [0, 0.05) is 45.7 Å². The number of para-hydroxylation sites is 3. The lowest BCUT2D eigenvalue weighted by Crippen LogP contribution is -2.04. The Labute approximate surface area is 157 Å². The molecule has 0 unspecified atom stereocenters. The molecule has 3 nitrogen and oxygen atoms in total. The van der Waals surface area contributed by atoms with Gasteiger partial charge in [-0.15, -0.1) is 0 Å². The second-order valence-electron chi connectivity index (χ2n) is 6.75. The molecule has 2 heterocycles. The van der Waals surface area contributed by atoms with Crippen LogP contribution in [0.15, 0.2) is 85.2 Å². The largest absolute Gasteiger partial charge is 0.496 e. The van der Waals surface area contributed by atoms with Crippen molar-refractivity contribution in [1.82, 2.24) is 9.97 Å². The number of benzene rings is 3. The molecule has 0 saturated carbocycles. The summed E-state index contributed by atoms with van der Waals surface area (Å²) in [5.74, 6) is 0.964. The van der Waals surface area contributed by atoms with E-state index in [4.69, 9.17) is 4.74 Å². The van der Waals surface area contributed by atoms with Gasteiger partial charge in [-0.05, 0) is 29.3 Å². The Morgan fingerprint density at radius 1 is 0.630 bits per heavy atom. The number of hydrogen-bond donors (Lipinski definition) is 2. The molecule has 0 amide bonds. The fourth-order valence-electron chi connectivity index (χ4n) is 4.07. The fourth-order valence-corrected chi connectivity index (χ4v) is 4.07. The minimum Gasteiger partial charge on any atom is -0.496 e. The van der Waals surface area contributed by atoms with Gasteiger partial charge in [0.05, 0.1) is 7.11 Å². The van der Waals surface area contributed by atoms with Crippen LogP contribution in [0, 0.1) is 0 Å². The summed E-state index contributed by atoms with van der Waals surface area (Å²) >= 11 is 0. The van der Waals surface area contributed by atoms with Crippen molar-refractivity contribution >= 4 is 21.8 Å². The Kier molecular flexibility index (Phi) is 3.72. The average molecular weight is 352 g/mol. The smallest absolute Gasteiger partial charge is 0.123 e. The average Bonchev–Trinajstić information content (AvgIpc) is 3.34.